The summed E-state index contributed by atoms with van der Waals surface area (Å²) >= 11 is 0. The number of hydrogen-bond acceptors (Lipinski definition) is 4. The summed E-state index contributed by atoms with van der Waals surface area (Å²) in [7, 11) is 3.22. The first-order valence-corrected chi connectivity index (χ1v) is 5.31. The first-order chi connectivity index (χ1) is 7.81. The van der Waals surface area contributed by atoms with Gasteiger partial charge in [-0.1, -0.05) is 13.0 Å². The molecule has 4 nitrogen and oxygen atoms in total. The fraction of sp³-hybridized carbons (Fsp3) is 0.500. The van der Waals surface area contributed by atoms with Crippen LogP contribution >= 0.6 is 0 Å². The van der Waals surface area contributed by atoms with Gasteiger partial charge in [0, 0.05) is 13.7 Å². The van der Waals surface area contributed by atoms with Gasteiger partial charge < -0.3 is 19.5 Å². The quantitative estimate of drug-likeness (QED) is 0.718. The monoisotopic (exact) mass is 225 g/mol. The Bertz CT molecular complexity index is 315. The van der Waals surface area contributed by atoms with Crippen molar-refractivity contribution in [3.05, 3.63) is 23.8 Å². The number of ether oxygens (including phenoxy) is 3. The van der Waals surface area contributed by atoms with Crippen LogP contribution in [0.15, 0.2) is 18.2 Å². The van der Waals surface area contributed by atoms with Crippen molar-refractivity contribution in [3.63, 3.8) is 0 Å². The van der Waals surface area contributed by atoms with Crippen LogP contribution in [0.4, 0.5) is 0 Å². The van der Waals surface area contributed by atoms with Crippen molar-refractivity contribution in [1.82, 2.24) is 5.32 Å². The molecule has 0 radical (unpaired) electrons. The molecule has 0 spiro atoms. The molecule has 1 rings (SSSR count). The highest BCUT2D eigenvalue weighted by molar-refractivity contribution is 5.42. The lowest BCUT2D eigenvalue weighted by Gasteiger charge is -2.11. The highest BCUT2D eigenvalue weighted by atomic mass is 16.7. The van der Waals surface area contributed by atoms with Crippen molar-refractivity contribution in [1.29, 1.82) is 0 Å². The first-order valence-electron chi connectivity index (χ1n) is 5.31. The number of benzene rings is 1. The topological polar surface area (TPSA) is 39.7 Å². The van der Waals surface area contributed by atoms with Crippen molar-refractivity contribution < 1.29 is 14.2 Å². The van der Waals surface area contributed by atoms with Gasteiger partial charge in [0.25, 0.3) is 0 Å². The van der Waals surface area contributed by atoms with Crippen LogP contribution in [-0.2, 0) is 11.3 Å². The summed E-state index contributed by atoms with van der Waals surface area (Å²) in [5, 5.41) is 3.26. The minimum atomic E-state index is 0.225. The molecule has 1 aromatic rings. The Labute approximate surface area is 96.5 Å². The molecule has 4 heteroatoms. The van der Waals surface area contributed by atoms with E-state index in [9.17, 15) is 0 Å². The van der Waals surface area contributed by atoms with E-state index >= 15 is 0 Å². The summed E-state index contributed by atoms with van der Waals surface area (Å²) in [6, 6.07) is 5.87. The molecule has 1 aromatic carbocycles. The highest BCUT2D eigenvalue weighted by Gasteiger charge is 2.05. The number of methoxy groups -OCH3 is 2. The summed E-state index contributed by atoms with van der Waals surface area (Å²) in [6.45, 7) is 4.08. The van der Waals surface area contributed by atoms with Crippen molar-refractivity contribution >= 4 is 0 Å². The predicted octanol–water partition coefficient (Wildman–Crippen LogP) is 1.79. The zero-order chi connectivity index (χ0) is 11.8. The molecule has 0 aliphatic carbocycles. The minimum Gasteiger partial charge on any atom is -0.493 e. The second-order valence-electron chi connectivity index (χ2n) is 3.32. The van der Waals surface area contributed by atoms with Crippen LogP contribution in [0.2, 0.25) is 0 Å². The lowest BCUT2D eigenvalue weighted by molar-refractivity contribution is 0.0491. The van der Waals surface area contributed by atoms with Crippen LogP contribution in [0.1, 0.15) is 12.5 Å². The van der Waals surface area contributed by atoms with Gasteiger partial charge in [-0.05, 0) is 24.2 Å². The van der Waals surface area contributed by atoms with Gasteiger partial charge in [-0.3, -0.25) is 0 Å². The Hall–Kier alpha value is -1.26. The second-order valence-corrected chi connectivity index (χ2v) is 3.32. The first kappa shape index (κ1) is 12.8. The Morgan fingerprint density at radius 3 is 2.62 bits per heavy atom. The Balaban J connectivity index is 2.71. The number of rotatable bonds is 7. The Kier molecular flexibility index (Phi) is 5.67. The van der Waals surface area contributed by atoms with E-state index in [4.69, 9.17) is 14.2 Å². The van der Waals surface area contributed by atoms with Gasteiger partial charge >= 0.3 is 0 Å². The molecule has 0 fully saturated rings. The average Bonchev–Trinajstić information content (AvgIpc) is 2.34. The maximum absolute atomic E-state index is 5.37. The van der Waals surface area contributed by atoms with Gasteiger partial charge in [-0.2, -0.15) is 0 Å². The lowest BCUT2D eigenvalue weighted by atomic mass is 10.2. The lowest BCUT2D eigenvalue weighted by Crippen LogP contribution is -2.11. The van der Waals surface area contributed by atoms with Crippen LogP contribution in [0.25, 0.3) is 0 Å². The molecule has 0 atom stereocenters. The fourth-order valence-corrected chi connectivity index (χ4v) is 1.33. The summed E-state index contributed by atoms with van der Waals surface area (Å²) in [5.74, 6) is 1.43. The van der Waals surface area contributed by atoms with E-state index in [0.717, 1.165) is 18.8 Å². The maximum Gasteiger partial charge on any atom is 0.188 e. The summed E-state index contributed by atoms with van der Waals surface area (Å²) < 4.78 is 15.5. The van der Waals surface area contributed by atoms with E-state index in [0.29, 0.717) is 5.75 Å². The smallest absolute Gasteiger partial charge is 0.188 e. The third-order valence-corrected chi connectivity index (χ3v) is 2.14. The molecule has 1 N–H and O–H groups in total. The van der Waals surface area contributed by atoms with E-state index in [1.54, 1.807) is 14.2 Å². The SMILES string of the molecule is CCNCc1ccc(OCOC)c(OC)c1. The normalized spacial score (nSPS) is 10.2. The van der Waals surface area contributed by atoms with Crippen molar-refractivity contribution in [2.75, 3.05) is 27.6 Å². The van der Waals surface area contributed by atoms with Crippen molar-refractivity contribution in [2.45, 2.75) is 13.5 Å². The van der Waals surface area contributed by atoms with Crippen molar-refractivity contribution in [3.8, 4) is 11.5 Å². The molecule has 0 amide bonds. The molecule has 0 aromatic heterocycles. The van der Waals surface area contributed by atoms with Crippen LogP contribution < -0.4 is 14.8 Å². The molecule has 0 saturated carbocycles. The molecule has 0 heterocycles. The molecule has 0 unspecified atom stereocenters. The van der Waals surface area contributed by atoms with Crippen LogP contribution in [-0.4, -0.2) is 27.6 Å². The Morgan fingerprint density at radius 1 is 1.19 bits per heavy atom. The molecule has 0 aliphatic rings. The molecule has 0 bridgehead atoms. The maximum atomic E-state index is 5.37. The van der Waals surface area contributed by atoms with Gasteiger partial charge in [-0.25, -0.2) is 0 Å². The summed E-state index contributed by atoms with van der Waals surface area (Å²) in [5.41, 5.74) is 1.17. The molecule has 0 saturated heterocycles. The van der Waals surface area contributed by atoms with Gasteiger partial charge in [0.15, 0.2) is 18.3 Å². The van der Waals surface area contributed by atoms with Gasteiger partial charge in [0.2, 0.25) is 0 Å². The Morgan fingerprint density at radius 2 is 2.00 bits per heavy atom. The number of hydrogen-bond donors (Lipinski definition) is 1. The van der Waals surface area contributed by atoms with E-state index < -0.39 is 0 Å². The van der Waals surface area contributed by atoms with Crippen LogP contribution in [0.3, 0.4) is 0 Å². The fourth-order valence-electron chi connectivity index (χ4n) is 1.33. The highest BCUT2D eigenvalue weighted by Crippen LogP contribution is 2.27. The standard InChI is InChI=1S/C12H19NO3/c1-4-13-8-10-5-6-11(16-9-14-2)12(7-10)15-3/h5-7,13H,4,8-9H2,1-3H3. The third kappa shape index (κ3) is 3.72. The zero-order valence-corrected chi connectivity index (χ0v) is 10.1. The van der Waals surface area contributed by atoms with E-state index in [1.165, 1.54) is 5.56 Å². The molecule has 0 aliphatic heterocycles. The van der Waals surface area contributed by atoms with Crippen molar-refractivity contribution in [2.24, 2.45) is 0 Å². The van der Waals surface area contributed by atoms with E-state index in [-0.39, 0.29) is 6.79 Å². The van der Waals surface area contributed by atoms with E-state index in [2.05, 4.69) is 12.2 Å². The minimum absolute atomic E-state index is 0.225. The van der Waals surface area contributed by atoms with E-state index in [1.807, 2.05) is 18.2 Å². The zero-order valence-electron chi connectivity index (χ0n) is 10.1. The summed E-state index contributed by atoms with van der Waals surface area (Å²) in [6.07, 6.45) is 0. The van der Waals surface area contributed by atoms with Gasteiger partial charge in [0.05, 0.1) is 7.11 Å². The predicted molar refractivity (Wildman–Crippen MR) is 62.9 cm³/mol. The van der Waals surface area contributed by atoms with Gasteiger partial charge in [-0.15, -0.1) is 0 Å². The van der Waals surface area contributed by atoms with Crippen LogP contribution in [0.5, 0.6) is 11.5 Å². The largest absolute Gasteiger partial charge is 0.493 e. The molecular weight excluding hydrogens is 206 g/mol. The van der Waals surface area contributed by atoms with Gasteiger partial charge in [0.1, 0.15) is 0 Å². The van der Waals surface area contributed by atoms with Crippen LogP contribution in [0, 0.1) is 0 Å². The molecule has 16 heavy (non-hydrogen) atoms. The molecule has 90 valence electrons. The summed E-state index contributed by atoms with van der Waals surface area (Å²) in [4.78, 5) is 0. The molecular formula is C12H19NO3. The third-order valence-electron chi connectivity index (χ3n) is 2.14. The second kappa shape index (κ2) is 7.09. The average molecular weight is 225 g/mol. The number of nitrogens with one attached hydrogen (secondary N) is 1.